The zero-order valence-electron chi connectivity index (χ0n) is 11.6. The van der Waals surface area contributed by atoms with Crippen LogP contribution in [0.3, 0.4) is 0 Å². The van der Waals surface area contributed by atoms with Crippen LogP contribution in [0, 0.1) is 5.41 Å². The molecule has 0 bridgehead atoms. The Bertz CT molecular complexity index is 533. The van der Waals surface area contributed by atoms with Gasteiger partial charge >= 0.3 is 0 Å². The Morgan fingerprint density at radius 1 is 1.15 bits per heavy atom. The highest BCUT2D eigenvalue weighted by atomic mass is 35.5. The Hall–Kier alpha value is -1.05. The lowest BCUT2D eigenvalue weighted by atomic mass is 9.72. The second-order valence-corrected chi connectivity index (χ2v) is 6.58. The van der Waals surface area contributed by atoms with Gasteiger partial charge in [0.2, 0.25) is 0 Å². The predicted molar refractivity (Wildman–Crippen MR) is 85.7 cm³/mol. The molecule has 0 aromatic heterocycles. The van der Waals surface area contributed by atoms with E-state index in [9.17, 15) is 4.79 Å². The Morgan fingerprint density at radius 2 is 1.75 bits per heavy atom. The molecule has 1 aliphatic carbocycles. The molecule has 0 amide bonds. The molecule has 0 spiro atoms. The van der Waals surface area contributed by atoms with Gasteiger partial charge in [0, 0.05) is 27.3 Å². The molecule has 3 heteroatoms. The SMILES string of the molecule is CC(Cl)C1(C(C)Cl)C=CC=C(C(=O)c2ccccc2)C1. The Labute approximate surface area is 130 Å². The van der Waals surface area contributed by atoms with Crippen LogP contribution in [0.5, 0.6) is 0 Å². The van der Waals surface area contributed by atoms with Gasteiger partial charge in [0.25, 0.3) is 0 Å². The monoisotopic (exact) mass is 308 g/mol. The lowest BCUT2D eigenvalue weighted by Crippen LogP contribution is -2.37. The zero-order valence-corrected chi connectivity index (χ0v) is 13.2. The van der Waals surface area contributed by atoms with Gasteiger partial charge in [0.05, 0.1) is 0 Å². The van der Waals surface area contributed by atoms with E-state index in [0.717, 1.165) is 5.57 Å². The summed E-state index contributed by atoms with van der Waals surface area (Å²) in [4.78, 5) is 12.5. The molecule has 20 heavy (non-hydrogen) atoms. The summed E-state index contributed by atoms with van der Waals surface area (Å²) in [6.45, 7) is 3.86. The normalized spacial score (nSPS) is 24.9. The van der Waals surface area contributed by atoms with E-state index in [1.807, 2.05) is 62.4 Å². The Morgan fingerprint density at radius 3 is 2.30 bits per heavy atom. The average Bonchev–Trinajstić information content (AvgIpc) is 2.47. The first-order valence-corrected chi connectivity index (χ1v) is 7.61. The van der Waals surface area contributed by atoms with Gasteiger partial charge in [-0.2, -0.15) is 0 Å². The number of alkyl halides is 2. The largest absolute Gasteiger partial charge is 0.289 e. The van der Waals surface area contributed by atoms with E-state index >= 15 is 0 Å². The smallest absolute Gasteiger partial charge is 0.189 e. The number of allylic oxidation sites excluding steroid dienone is 4. The van der Waals surface area contributed by atoms with Crippen LogP contribution in [0.25, 0.3) is 0 Å². The highest BCUT2D eigenvalue weighted by Gasteiger charge is 2.40. The van der Waals surface area contributed by atoms with Gasteiger partial charge in [-0.15, -0.1) is 23.2 Å². The van der Waals surface area contributed by atoms with Crippen LogP contribution in [0.4, 0.5) is 0 Å². The summed E-state index contributed by atoms with van der Waals surface area (Å²) in [5.74, 6) is 0.0500. The van der Waals surface area contributed by atoms with Gasteiger partial charge in [0.15, 0.2) is 5.78 Å². The van der Waals surface area contributed by atoms with E-state index in [1.54, 1.807) is 0 Å². The van der Waals surface area contributed by atoms with Crippen molar-refractivity contribution in [2.24, 2.45) is 5.41 Å². The van der Waals surface area contributed by atoms with Crippen molar-refractivity contribution in [3.05, 3.63) is 59.7 Å². The Kier molecular flexibility index (Phi) is 4.72. The lowest BCUT2D eigenvalue weighted by Gasteiger charge is -2.38. The molecule has 2 rings (SSSR count). The average molecular weight is 309 g/mol. The quantitative estimate of drug-likeness (QED) is 0.565. The van der Waals surface area contributed by atoms with Crippen molar-refractivity contribution < 1.29 is 4.79 Å². The molecule has 0 radical (unpaired) electrons. The number of hydrogen-bond acceptors (Lipinski definition) is 1. The van der Waals surface area contributed by atoms with Crippen LogP contribution in [0.2, 0.25) is 0 Å². The number of ketones is 1. The Balaban J connectivity index is 2.30. The van der Waals surface area contributed by atoms with Crippen LogP contribution >= 0.6 is 23.2 Å². The molecule has 0 N–H and O–H groups in total. The van der Waals surface area contributed by atoms with Crippen LogP contribution in [0.15, 0.2) is 54.1 Å². The maximum Gasteiger partial charge on any atom is 0.189 e. The van der Waals surface area contributed by atoms with Crippen molar-refractivity contribution >= 4 is 29.0 Å². The van der Waals surface area contributed by atoms with Crippen molar-refractivity contribution in [1.29, 1.82) is 0 Å². The number of benzene rings is 1. The minimum atomic E-state index is -0.377. The van der Waals surface area contributed by atoms with Crippen molar-refractivity contribution in [2.75, 3.05) is 0 Å². The highest BCUT2D eigenvalue weighted by Crippen LogP contribution is 2.43. The van der Waals surface area contributed by atoms with Gasteiger partial charge in [0.1, 0.15) is 0 Å². The number of carbonyl (C=O) groups is 1. The molecule has 1 aliphatic rings. The lowest BCUT2D eigenvalue weighted by molar-refractivity contribution is 0.102. The summed E-state index contributed by atoms with van der Waals surface area (Å²) < 4.78 is 0. The minimum absolute atomic E-state index is 0.0500. The van der Waals surface area contributed by atoms with Gasteiger partial charge in [-0.25, -0.2) is 0 Å². The molecule has 1 nitrogen and oxygen atoms in total. The molecule has 2 atom stereocenters. The molecule has 2 unspecified atom stereocenters. The molecule has 0 fully saturated rings. The zero-order chi connectivity index (χ0) is 14.8. The molecule has 1 aromatic carbocycles. The predicted octanol–water partition coefficient (Wildman–Crippen LogP) is 5.00. The van der Waals surface area contributed by atoms with Gasteiger partial charge in [-0.3, -0.25) is 4.79 Å². The number of rotatable bonds is 4. The minimum Gasteiger partial charge on any atom is -0.289 e. The summed E-state index contributed by atoms with van der Waals surface area (Å²) in [5, 5.41) is -0.281. The fourth-order valence-corrected chi connectivity index (χ4v) is 3.33. The molecule has 0 saturated heterocycles. The molecule has 0 saturated carbocycles. The van der Waals surface area contributed by atoms with Gasteiger partial charge in [-0.05, 0) is 20.3 Å². The topological polar surface area (TPSA) is 17.1 Å². The molecule has 0 aliphatic heterocycles. The summed E-state index contributed by atoms with van der Waals surface area (Å²) >= 11 is 12.7. The fourth-order valence-electron chi connectivity index (χ4n) is 2.58. The first kappa shape index (κ1) is 15.3. The first-order valence-electron chi connectivity index (χ1n) is 6.73. The van der Waals surface area contributed by atoms with E-state index in [0.29, 0.717) is 12.0 Å². The number of halogens is 2. The molecule has 1 aromatic rings. The third-order valence-corrected chi connectivity index (χ3v) is 4.82. The van der Waals surface area contributed by atoms with Crippen LogP contribution in [-0.2, 0) is 0 Å². The van der Waals surface area contributed by atoms with Crippen LogP contribution < -0.4 is 0 Å². The number of carbonyl (C=O) groups excluding carboxylic acids is 1. The van der Waals surface area contributed by atoms with E-state index in [2.05, 4.69) is 0 Å². The summed E-state index contributed by atoms with van der Waals surface area (Å²) in [7, 11) is 0. The standard InChI is InChI=1S/C17H18Cl2O/c1-12(18)17(13(2)19)10-6-9-15(11-17)16(20)14-7-4-3-5-8-14/h3-10,12-13H,11H2,1-2H3. The first-order chi connectivity index (χ1) is 9.47. The molecular weight excluding hydrogens is 291 g/mol. The van der Waals surface area contributed by atoms with Crippen molar-refractivity contribution in [1.82, 2.24) is 0 Å². The summed E-state index contributed by atoms with van der Waals surface area (Å²) in [6.07, 6.45) is 6.38. The summed E-state index contributed by atoms with van der Waals surface area (Å²) in [6, 6.07) is 9.30. The van der Waals surface area contributed by atoms with Crippen LogP contribution in [0.1, 0.15) is 30.6 Å². The summed E-state index contributed by atoms with van der Waals surface area (Å²) in [5.41, 5.74) is 1.09. The van der Waals surface area contributed by atoms with Gasteiger partial charge in [-0.1, -0.05) is 48.6 Å². The van der Waals surface area contributed by atoms with Crippen molar-refractivity contribution in [2.45, 2.75) is 31.0 Å². The molecular formula is C17H18Cl2O. The number of hydrogen-bond donors (Lipinski definition) is 0. The maximum absolute atomic E-state index is 12.5. The van der Waals surface area contributed by atoms with E-state index in [1.165, 1.54) is 0 Å². The third kappa shape index (κ3) is 2.84. The van der Waals surface area contributed by atoms with Crippen LogP contribution in [-0.4, -0.2) is 16.5 Å². The second-order valence-electron chi connectivity index (χ2n) is 5.27. The van der Waals surface area contributed by atoms with E-state index in [-0.39, 0.29) is 22.0 Å². The van der Waals surface area contributed by atoms with E-state index in [4.69, 9.17) is 23.2 Å². The highest BCUT2D eigenvalue weighted by molar-refractivity contribution is 6.24. The van der Waals surface area contributed by atoms with Crippen molar-refractivity contribution in [3.63, 3.8) is 0 Å². The molecule has 0 heterocycles. The number of Topliss-reactive ketones (excluding diaryl/α,β-unsaturated/α-hetero) is 1. The fraction of sp³-hybridized carbons (Fsp3) is 0.353. The van der Waals surface area contributed by atoms with Gasteiger partial charge < -0.3 is 0 Å². The second kappa shape index (κ2) is 6.15. The third-order valence-electron chi connectivity index (χ3n) is 4.01. The van der Waals surface area contributed by atoms with E-state index < -0.39 is 0 Å². The molecule has 106 valence electrons. The maximum atomic E-state index is 12.5. The van der Waals surface area contributed by atoms with Crippen molar-refractivity contribution in [3.8, 4) is 0 Å².